The van der Waals surface area contributed by atoms with Gasteiger partial charge >= 0.3 is 0 Å². The van der Waals surface area contributed by atoms with Crippen molar-refractivity contribution in [2.24, 2.45) is 10.7 Å². The Bertz CT molecular complexity index is 150. The molecule has 0 atom stereocenters. The molecule has 0 aromatic heterocycles. The average molecular weight is 124 g/mol. The molecule has 0 aromatic carbocycles. The van der Waals surface area contributed by atoms with Crippen molar-refractivity contribution in [1.29, 1.82) is 0 Å². The van der Waals surface area contributed by atoms with Gasteiger partial charge in [-0.3, -0.25) is 4.99 Å². The van der Waals surface area contributed by atoms with Crippen LogP contribution in [0, 0.1) is 0 Å². The monoisotopic (exact) mass is 124 g/mol. The molecule has 0 aliphatic heterocycles. The molecule has 2 N–H and O–H groups in total. The first kappa shape index (κ1) is 7.95. The molecule has 0 fully saturated rings. The lowest BCUT2D eigenvalue weighted by Crippen LogP contribution is -1.87. The zero-order valence-electron chi connectivity index (χ0n) is 5.89. The fraction of sp³-hybridized carbons (Fsp3) is 0.286. The topological polar surface area (TPSA) is 38.4 Å². The van der Waals surface area contributed by atoms with Crippen LogP contribution < -0.4 is 5.73 Å². The van der Waals surface area contributed by atoms with E-state index in [1.807, 2.05) is 19.9 Å². The Kier molecular flexibility index (Phi) is 3.44. The van der Waals surface area contributed by atoms with Gasteiger partial charge in [-0.05, 0) is 32.7 Å². The van der Waals surface area contributed by atoms with E-state index in [2.05, 4.69) is 11.7 Å². The summed E-state index contributed by atoms with van der Waals surface area (Å²) in [4.78, 5) is 3.67. The van der Waals surface area contributed by atoms with Gasteiger partial charge in [0.25, 0.3) is 0 Å². The van der Waals surface area contributed by atoms with Gasteiger partial charge in [0, 0.05) is 11.4 Å². The lowest BCUT2D eigenvalue weighted by molar-refractivity contribution is 1.28. The van der Waals surface area contributed by atoms with Crippen molar-refractivity contribution < 1.29 is 0 Å². The normalized spacial score (nSPS) is 13.6. The minimum atomic E-state index is 0.776. The summed E-state index contributed by atoms with van der Waals surface area (Å²) in [6.45, 7) is 7.04. The fourth-order valence-electron chi connectivity index (χ4n) is 0.305. The number of rotatable bonds is 2. The van der Waals surface area contributed by atoms with Gasteiger partial charge in [0.15, 0.2) is 0 Å². The van der Waals surface area contributed by atoms with Gasteiger partial charge < -0.3 is 5.73 Å². The van der Waals surface area contributed by atoms with E-state index in [0.29, 0.717) is 0 Å². The van der Waals surface area contributed by atoms with Crippen LogP contribution in [0.15, 0.2) is 28.5 Å². The van der Waals surface area contributed by atoms with E-state index in [0.717, 1.165) is 11.4 Å². The van der Waals surface area contributed by atoms with Gasteiger partial charge in [-0.1, -0.05) is 0 Å². The summed E-state index contributed by atoms with van der Waals surface area (Å²) in [6.07, 6.45) is 3.62. The van der Waals surface area contributed by atoms with Gasteiger partial charge in [0.2, 0.25) is 0 Å². The molecule has 0 radical (unpaired) electrons. The minimum absolute atomic E-state index is 0.776. The van der Waals surface area contributed by atoms with Crippen LogP contribution in [0.25, 0.3) is 0 Å². The van der Waals surface area contributed by atoms with Crippen molar-refractivity contribution in [3.05, 3.63) is 23.5 Å². The first-order chi connectivity index (χ1) is 4.16. The summed E-state index contributed by atoms with van der Waals surface area (Å²) in [5.41, 5.74) is 7.00. The Morgan fingerprint density at radius 2 is 2.00 bits per heavy atom. The van der Waals surface area contributed by atoms with Crippen LogP contribution in [-0.4, -0.2) is 6.72 Å². The third kappa shape index (κ3) is 4.81. The third-order valence-corrected chi connectivity index (χ3v) is 0.837. The molecule has 0 rings (SSSR count). The first-order valence-electron chi connectivity index (χ1n) is 2.74. The molecule has 0 aliphatic rings. The second-order valence-corrected chi connectivity index (χ2v) is 1.88. The van der Waals surface area contributed by atoms with Crippen LogP contribution in [0.2, 0.25) is 0 Å². The van der Waals surface area contributed by atoms with Crippen LogP contribution in [-0.2, 0) is 0 Å². The summed E-state index contributed by atoms with van der Waals surface area (Å²) in [5.74, 6) is 0. The van der Waals surface area contributed by atoms with Crippen LogP contribution in [0.5, 0.6) is 0 Å². The quantitative estimate of drug-likeness (QED) is 0.439. The number of nitrogens with zero attached hydrogens (tertiary/aromatic N) is 1. The molecule has 2 nitrogen and oxygen atoms in total. The van der Waals surface area contributed by atoms with E-state index >= 15 is 0 Å². The molecule has 0 bridgehead atoms. The molecule has 0 spiro atoms. The van der Waals surface area contributed by atoms with Crippen molar-refractivity contribution in [3.8, 4) is 0 Å². The summed E-state index contributed by atoms with van der Waals surface area (Å²) < 4.78 is 0. The second-order valence-electron chi connectivity index (χ2n) is 1.88. The molecular formula is C7H12N2. The number of nitrogens with two attached hydrogens (primary N) is 1. The molecule has 50 valence electrons. The zero-order valence-corrected chi connectivity index (χ0v) is 5.89. The SMILES string of the molecule is C=N/C(C)=C\C=C(/C)N. The predicted molar refractivity (Wildman–Crippen MR) is 41.3 cm³/mol. The summed E-state index contributed by atoms with van der Waals surface area (Å²) in [5, 5.41) is 0. The smallest absolute Gasteiger partial charge is 0.0366 e. The first-order valence-corrected chi connectivity index (χ1v) is 2.74. The number of aliphatic imine (C=N–C) groups is 1. The summed E-state index contributed by atoms with van der Waals surface area (Å²) >= 11 is 0. The molecule has 0 aliphatic carbocycles. The van der Waals surface area contributed by atoms with Crippen molar-refractivity contribution in [3.63, 3.8) is 0 Å². The number of allylic oxidation sites excluding steroid dienone is 4. The number of hydrogen-bond acceptors (Lipinski definition) is 2. The zero-order chi connectivity index (χ0) is 7.28. The molecule has 0 saturated carbocycles. The van der Waals surface area contributed by atoms with Gasteiger partial charge in [0.1, 0.15) is 0 Å². The van der Waals surface area contributed by atoms with Gasteiger partial charge in [-0.25, -0.2) is 0 Å². The van der Waals surface area contributed by atoms with Gasteiger partial charge in [-0.15, -0.1) is 0 Å². The highest BCUT2D eigenvalue weighted by molar-refractivity contribution is 5.29. The van der Waals surface area contributed by atoms with Crippen LogP contribution in [0.3, 0.4) is 0 Å². The predicted octanol–water partition coefficient (Wildman–Crippen LogP) is 1.45. The highest BCUT2D eigenvalue weighted by Crippen LogP contribution is 1.93. The van der Waals surface area contributed by atoms with Gasteiger partial charge in [-0.2, -0.15) is 0 Å². The van der Waals surface area contributed by atoms with Crippen molar-refractivity contribution in [1.82, 2.24) is 0 Å². The summed E-state index contributed by atoms with van der Waals surface area (Å²) in [7, 11) is 0. The molecule has 0 amide bonds. The molecule has 0 heterocycles. The van der Waals surface area contributed by atoms with Crippen LogP contribution in [0.1, 0.15) is 13.8 Å². The van der Waals surface area contributed by atoms with Crippen LogP contribution >= 0.6 is 0 Å². The van der Waals surface area contributed by atoms with E-state index in [9.17, 15) is 0 Å². The molecular weight excluding hydrogens is 112 g/mol. The average Bonchev–Trinajstić information content (AvgIpc) is 1.83. The Morgan fingerprint density at radius 1 is 1.44 bits per heavy atom. The minimum Gasteiger partial charge on any atom is -0.402 e. The van der Waals surface area contributed by atoms with Gasteiger partial charge in [0.05, 0.1) is 0 Å². The van der Waals surface area contributed by atoms with Crippen molar-refractivity contribution >= 4 is 6.72 Å². The Morgan fingerprint density at radius 3 is 2.33 bits per heavy atom. The Labute approximate surface area is 55.8 Å². The van der Waals surface area contributed by atoms with E-state index < -0.39 is 0 Å². The lowest BCUT2D eigenvalue weighted by Gasteiger charge is -1.86. The van der Waals surface area contributed by atoms with Crippen LogP contribution in [0.4, 0.5) is 0 Å². The molecule has 9 heavy (non-hydrogen) atoms. The maximum Gasteiger partial charge on any atom is 0.0366 e. The maximum absolute atomic E-state index is 5.35. The molecule has 2 heteroatoms. The summed E-state index contributed by atoms with van der Waals surface area (Å²) in [6, 6.07) is 0. The maximum atomic E-state index is 5.35. The lowest BCUT2D eigenvalue weighted by atomic mass is 10.4. The molecule has 0 aromatic rings. The highest BCUT2D eigenvalue weighted by atomic mass is 14.7. The van der Waals surface area contributed by atoms with E-state index in [-0.39, 0.29) is 0 Å². The number of hydrogen-bond donors (Lipinski definition) is 1. The van der Waals surface area contributed by atoms with E-state index in [1.54, 1.807) is 6.08 Å². The van der Waals surface area contributed by atoms with E-state index in [1.165, 1.54) is 0 Å². The van der Waals surface area contributed by atoms with Crippen molar-refractivity contribution in [2.75, 3.05) is 0 Å². The Balaban J connectivity index is 3.98. The standard InChI is InChI=1S/C7H12N2/c1-6(8)4-5-7(2)9-3/h4-5H,3,8H2,1-2H3/b6-4+,7-5-. The third-order valence-electron chi connectivity index (χ3n) is 0.837. The highest BCUT2D eigenvalue weighted by Gasteiger charge is 1.75. The molecule has 0 saturated heterocycles. The van der Waals surface area contributed by atoms with E-state index in [4.69, 9.17) is 5.73 Å². The second kappa shape index (κ2) is 3.89. The largest absolute Gasteiger partial charge is 0.402 e. The molecule has 0 unspecified atom stereocenters. The van der Waals surface area contributed by atoms with Crippen molar-refractivity contribution in [2.45, 2.75) is 13.8 Å². The fourth-order valence-corrected chi connectivity index (χ4v) is 0.305. The Hall–Kier alpha value is -1.05.